The van der Waals surface area contributed by atoms with Crippen LogP contribution in [0.4, 0.5) is 4.79 Å². The van der Waals surface area contributed by atoms with Crippen molar-refractivity contribution in [2.75, 3.05) is 13.7 Å². The monoisotopic (exact) mass is 468 g/mol. The molecule has 0 aliphatic carbocycles. The third-order valence-electron chi connectivity index (χ3n) is 5.24. The lowest BCUT2D eigenvalue weighted by Crippen LogP contribution is -2.48. The highest BCUT2D eigenvalue weighted by Crippen LogP contribution is 2.40. The first-order chi connectivity index (χ1) is 13.4. The number of phenolic OH excluding ortho intramolecular Hbond substituents is 1. The van der Waals surface area contributed by atoms with E-state index in [1.807, 2.05) is 34.6 Å². The number of urea groups is 1. The maximum atomic E-state index is 13.2. The number of nitrogens with zero attached hydrogens (tertiary/aromatic N) is 1. The largest absolute Gasteiger partial charge is 0.503 e. The van der Waals surface area contributed by atoms with Gasteiger partial charge in [-0.25, -0.2) is 9.59 Å². The highest BCUT2D eigenvalue weighted by molar-refractivity contribution is 9.10. The molecule has 0 spiro atoms. The number of esters is 1. The molecule has 0 saturated heterocycles. The summed E-state index contributed by atoms with van der Waals surface area (Å²) in [5.74, 6) is -0.314. The predicted molar refractivity (Wildman–Crippen MR) is 114 cm³/mol. The van der Waals surface area contributed by atoms with Crippen LogP contribution in [0.25, 0.3) is 0 Å². The van der Waals surface area contributed by atoms with E-state index in [2.05, 4.69) is 21.2 Å². The second-order valence-electron chi connectivity index (χ2n) is 8.09. The Morgan fingerprint density at radius 3 is 2.52 bits per heavy atom. The van der Waals surface area contributed by atoms with E-state index in [1.165, 1.54) is 12.0 Å². The molecule has 0 bridgehead atoms. The number of nitrogens with one attached hydrogen (secondary N) is 1. The highest BCUT2D eigenvalue weighted by atomic mass is 79.9. The maximum Gasteiger partial charge on any atom is 0.338 e. The van der Waals surface area contributed by atoms with Crippen molar-refractivity contribution in [2.24, 2.45) is 5.41 Å². The molecule has 160 valence electrons. The van der Waals surface area contributed by atoms with E-state index in [-0.39, 0.29) is 29.0 Å². The van der Waals surface area contributed by atoms with Crippen LogP contribution >= 0.6 is 15.9 Å². The Morgan fingerprint density at radius 2 is 2.00 bits per heavy atom. The van der Waals surface area contributed by atoms with Crippen molar-refractivity contribution < 1.29 is 24.2 Å². The number of methoxy groups -OCH3 is 1. The van der Waals surface area contributed by atoms with E-state index in [9.17, 15) is 14.7 Å². The average Bonchev–Trinajstić information content (AvgIpc) is 2.62. The zero-order valence-corrected chi connectivity index (χ0v) is 19.5. The Kier molecular flexibility index (Phi) is 6.88. The van der Waals surface area contributed by atoms with Gasteiger partial charge in [0.15, 0.2) is 11.5 Å². The van der Waals surface area contributed by atoms with Gasteiger partial charge in [-0.1, -0.05) is 20.8 Å². The Hall–Kier alpha value is -2.22. The standard InChI is InChI=1S/C21H29BrN2O5/c1-8-24-11(2)16(19(26)29-12(3)21(4,5)6)17(23-20(24)27)13-9-14(22)18(25)15(10-13)28-7/h9-10,12,17,25H,8H2,1-7H3,(H,23,27). The lowest BCUT2D eigenvalue weighted by atomic mass is 9.90. The molecule has 1 aliphatic rings. The van der Waals surface area contributed by atoms with Crippen LogP contribution in [0.1, 0.15) is 53.1 Å². The predicted octanol–water partition coefficient (Wildman–Crippen LogP) is 4.50. The third-order valence-corrected chi connectivity index (χ3v) is 5.84. The van der Waals surface area contributed by atoms with Crippen LogP contribution in [0.3, 0.4) is 0 Å². The van der Waals surface area contributed by atoms with Crippen LogP contribution in [0.5, 0.6) is 11.5 Å². The summed E-state index contributed by atoms with van der Waals surface area (Å²) >= 11 is 3.30. The van der Waals surface area contributed by atoms with Crippen molar-refractivity contribution in [3.05, 3.63) is 33.4 Å². The number of phenols is 1. The number of carbonyl (C=O) groups excluding carboxylic acids is 2. The van der Waals surface area contributed by atoms with Crippen LogP contribution in [-0.4, -0.2) is 41.8 Å². The van der Waals surface area contributed by atoms with Crippen molar-refractivity contribution in [3.8, 4) is 11.5 Å². The summed E-state index contributed by atoms with van der Waals surface area (Å²) in [6.45, 7) is 11.8. The quantitative estimate of drug-likeness (QED) is 0.620. The van der Waals surface area contributed by atoms with Gasteiger partial charge in [0.25, 0.3) is 0 Å². The first-order valence-corrected chi connectivity index (χ1v) is 10.3. The van der Waals surface area contributed by atoms with E-state index in [1.54, 1.807) is 19.1 Å². The average molecular weight is 469 g/mol. The summed E-state index contributed by atoms with van der Waals surface area (Å²) in [4.78, 5) is 27.3. The topological polar surface area (TPSA) is 88.1 Å². The Labute approximate surface area is 180 Å². The number of aromatic hydroxyl groups is 1. The number of allylic oxidation sites excluding steroid dienone is 1. The van der Waals surface area contributed by atoms with Gasteiger partial charge in [0.05, 0.1) is 23.2 Å². The summed E-state index contributed by atoms with van der Waals surface area (Å²) < 4.78 is 11.4. The Balaban J connectivity index is 2.58. The Morgan fingerprint density at radius 1 is 1.38 bits per heavy atom. The molecule has 2 rings (SSSR count). The van der Waals surface area contributed by atoms with Gasteiger partial charge in [0, 0.05) is 12.2 Å². The van der Waals surface area contributed by atoms with E-state index in [0.717, 1.165) is 0 Å². The minimum Gasteiger partial charge on any atom is -0.503 e. The summed E-state index contributed by atoms with van der Waals surface area (Å²) in [5.41, 5.74) is 1.25. The van der Waals surface area contributed by atoms with Crippen LogP contribution in [-0.2, 0) is 9.53 Å². The normalized spacial score (nSPS) is 18.4. The minimum absolute atomic E-state index is 0.0558. The first kappa shape index (κ1) is 23.1. The van der Waals surface area contributed by atoms with Gasteiger partial charge in [-0.2, -0.15) is 0 Å². The van der Waals surface area contributed by atoms with Gasteiger partial charge < -0.3 is 19.9 Å². The summed E-state index contributed by atoms with van der Waals surface area (Å²) in [7, 11) is 1.44. The molecule has 1 aromatic carbocycles. The molecule has 1 aliphatic heterocycles. The van der Waals surface area contributed by atoms with Crippen molar-refractivity contribution >= 4 is 27.9 Å². The zero-order valence-electron chi connectivity index (χ0n) is 17.9. The molecular weight excluding hydrogens is 440 g/mol. The fourth-order valence-electron chi connectivity index (χ4n) is 2.99. The molecule has 7 nitrogen and oxygen atoms in total. The molecule has 2 unspecified atom stereocenters. The fraction of sp³-hybridized carbons (Fsp3) is 0.524. The van der Waals surface area contributed by atoms with Gasteiger partial charge in [-0.3, -0.25) is 4.90 Å². The molecule has 0 saturated carbocycles. The van der Waals surface area contributed by atoms with E-state index in [0.29, 0.717) is 27.9 Å². The van der Waals surface area contributed by atoms with Crippen molar-refractivity contribution in [1.82, 2.24) is 10.2 Å². The van der Waals surface area contributed by atoms with Crippen LogP contribution in [0, 0.1) is 5.41 Å². The van der Waals surface area contributed by atoms with Crippen LogP contribution < -0.4 is 10.1 Å². The maximum absolute atomic E-state index is 13.2. The second-order valence-corrected chi connectivity index (χ2v) is 8.95. The minimum atomic E-state index is -0.740. The number of rotatable bonds is 5. The lowest BCUT2D eigenvalue weighted by molar-refractivity contribution is -0.149. The third kappa shape index (κ3) is 4.69. The molecule has 0 radical (unpaired) electrons. The number of halogens is 1. The number of amides is 2. The molecule has 0 fully saturated rings. The van der Waals surface area contributed by atoms with Gasteiger partial charge >= 0.3 is 12.0 Å². The number of hydrogen-bond acceptors (Lipinski definition) is 5. The molecule has 2 atom stereocenters. The van der Waals surface area contributed by atoms with E-state index in [4.69, 9.17) is 9.47 Å². The smallest absolute Gasteiger partial charge is 0.338 e. The van der Waals surface area contributed by atoms with Crippen LogP contribution in [0.15, 0.2) is 27.9 Å². The summed E-state index contributed by atoms with van der Waals surface area (Å²) in [6, 6.07) is 2.20. The van der Waals surface area contributed by atoms with Crippen molar-refractivity contribution in [3.63, 3.8) is 0 Å². The van der Waals surface area contributed by atoms with Crippen LogP contribution in [0.2, 0.25) is 0 Å². The second kappa shape index (κ2) is 8.65. The fourth-order valence-corrected chi connectivity index (χ4v) is 3.45. The molecular formula is C21H29BrN2O5. The molecule has 1 aromatic rings. The number of benzene rings is 1. The lowest BCUT2D eigenvalue weighted by Gasteiger charge is -2.36. The van der Waals surface area contributed by atoms with E-state index < -0.39 is 12.0 Å². The van der Waals surface area contributed by atoms with Gasteiger partial charge in [-0.15, -0.1) is 0 Å². The summed E-state index contributed by atoms with van der Waals surface area (Å²) in [6.07, 6.45) is -0.329. The summed E-state index contributed by atoms with van der Waals surface area (Å²) in [5, 5.41) is 13.0. The molecule has 8 heteroatoms. The van der Waals surface area contributed by atoms with Gasteiger partial charge in [-0.05, 0) is 59.8 Å². The molecule has 0 aromatic heterocycles. The first-order valence-electron chi connectivity index (χ1n) is 9.48. The molecule has 29 heavy (non-hydrogen) atoms. The van der Waals surface area contributed by atoms with Crippen molar-refractivity contribution in [1.29, 1.82) is 0 Å². The number of hydrogen-bond donors (Lipinski definition) is 2. The highest BCUT2D eigenvalue weighted by Gasteiger charge is 2.38. The molecule has 2 N–H and O–H groups in total. The van der Waals surface area contributed by atoms with Gasteiger partial charge in [0.1, 0.15) is 6.10 Å². The van der Waals surface area contributed by atoms with Crippen molar-refractivity contribution in [2.45, 2.75) is 53.7 Å². The van der Waals surface area contributed by atoms with Gasteiger partial charge in [0.2, 0.25) is 0 Å². The Bertz CT molecular complexity index is 844. The SMILES string of the molecule is CCN1C(=O)NC(c2cc(Br)c(O)c(OC)c2)C(C(=O)OC(C)C(C)(C)C)=C1C. The molecule has 2 amide bonds. The number of carbonyl (C=O) groups is 2. The van der Waals surface area contributed by atoms with E-state index >= 15 is 0 Å². The molecule has 1 heterocycles. The number of ether oxygens (including phenoxy) is 2. The zero-order chi connectivity index (χ0) is 22.1.